The van der Waals surface area contributed by atoms with Gasteiger partial charge in [0.05, 0.1) is 5.56 Å². The summed E-state index contributed by atoms with van der Waals surface area (Å²) in [6, 6.07) is 6.86. The van der Waals surface area contributed by atoms with Crippen LogP contribution in [-0.4, -0.2) is 35.0 Å². The Morgan fingerprint density at radius 1 is 1.24 bits per heavy atom. The van der Waals surface area contributed by atoms with Gasteiger partial charge in [-0.3, -0.25) is 4.79 Å². The van der Waals surface area contributed by atoms with E-state index in [0.717, 1.165) is 6.54 Å². The number of aryl methyl sites for hydroxylation is 1. The number of rotatable bonds is 6. The Labute approximate surface area is 129 Å². The number of carboxylic acids is 1. The molecule has 4 nitrogen and oxygen atoms in total. The number of benzene rings is 1. The Kier molecular flexibility index (Phi) is 6.11. The molecule has 1 aliphatic rings. The monoisotopic (exact) mass is 307 g/mol. The first-order chi connectivity index (χ1) is 10.2. The van der Waals surface area contributed by atoms with Crippen molar-refractivity contribution in [3.8, 4) is 0 Å². The van der Waals surface area contributed by atoms with Gasteiger partial charge in [0.15, 0.2) is 0 Å². The average Bonchev–Trinajstić information content (AvgIpc) is 2.52. The quantitative estimate of drug-likeness (QED) is 0.847. The number of amides is 1. The maximum Gasteiger partial charge on any atom is 0.335 e. The van der Waals surface area contributed by atoms with E-state index in [4.69, 9.17) is 5.11 Å². The van der Waals surface area contributed by atoms with E-state index in [2.05, 4.69) is 5.32 Å². The van der Waals surface area contributed by atoms with Gasteiger partial charge in [-0.25, -0.2) is 4.79 Å². The molecule has 5 heteroatoms. The summed E-state index contributed by atoms with van der Waals surface area (Å²) in [5.74, 6) is 2.04. The van der Waals surface area contributed by atoms with Crippen molar-refractivity contribution in [3.05, 3.63) is 35.4 Å². The first-order valence-electron chi connectivity index (χ1n) is 7.32. The Bertz CT molecular complexity index is 498. The SMILES string of the molecule is O=C(CCc1ccccc1C(=O)O)NCC1CCSCC1. The molecule has 1 fully saturated rings. The second-order valence-electron chi connectivity index (χ2n) is 5.32. The zero-order chi connectivity index (χ0) is 15.1. The lowest BCUT2D eigenvalue weighted by atomic mass is 10.0. The van der Waals surface area contributed by atoms with E-state index in [1.807, 2.05) is 11.8 Å². The minimum atomic E-state index is -0.939. The highest BCUT2D eigenvalue weighted by Crippen LogP contribution is 2.21. The molecular weight excluding hydrogens is 286 g/mol. The lowest BCUT2D eigenvalue weighted by Crippen LogP contribution is -2.31. The number of carbonyl (C=O) groups excluding carboxylic acids is 1. The molecule has 0 saturated carbocycles. The summed E-state index contributed by atoms with van der Waals surface area (Å²) >= 11 is 1.98. The molecule has 1 aromatic carbocycles. The molecule has 2 N–H and O–H groups in total. The van der Waals surface area contributed by atoms with Gasteiger partial charge in [-0.2, -0.15) is 11.8 Å². The maximum absolute atomic E-state index is 11.9. The summed E-state index contributed by atoms with van der Waals surface area (Å²) in [5.41, 5.74) is 1.00. The third kappa shape index (κ3) is 5.08. The van der Waals surface area contributed by atoms with E-state index in [1.54, 1.807) is 24.3 Å². The number of aromatic carboxylic acids is 1. The van der Waals surface area contributed by atoms with Gasteiger partial charge in [0.1, 0.15) is 0 Å². The van der Waals surface area contributed by atoms with E-state index in [1.165, 1.54) is 24.3 Å². The fraction of sp³-hybridized carbons (Fsp3) is 0.500. The largest absolute Gasteiger partial charge is 0.478 e. The molecule has 0 unspecified atom stereocenters. The highest BCUT2D eigenvalue weighted by atomic mass is 32.2. The van der Waals surface area contributed by atoms with Crippen molar-refractivity contribution in [1.82, 2.24) is 5.32 Å². The van der Waals surface area contributed by atoms with Crippen LogP contribution < -0.4 is 5.32 Å². The number of thioether (sulfide) groups is 1. The lowest BCUT2D eigenvalue weighted by molar-refractivity contribution is -0.121. The number of carboxylic acid groups (broad SMARTS) is 1. The predicted octanol–water partition coefficient (Wildman–Crippen LogP) is 2.58. The molecule has 2 rings (SSSR count). The first kappa shape index (κ1) is 15.9. The summed E-state index contributed by atoms with van der Waals surface area (Å²) < 4.78 is 0. The van der Waals surface area contributed by atoms with Gasteiger partial charge in [-0.05, 0) is 48.3 Å². The summed E-state index contributed by atoms with van der Waals surface area (Å²) in [6.45, 7) is 0.750. The normalized spacial score (nSPS) is 15.6. The second kappa shape index (κ2) is 8.08. The molecule has 114 valence electrons. The molecule has 0 aliphatic carbocycles. The Morgan fingerprint density at radius 2 is 1.95 bits per heavy atom. The van der Waals surface area contributed by atoms with Crippen molar-refractivity contribution < 1.29 is 14.7 Å². The standard InChI is InChI=1S/C16H21NO3S/c18-15(17-11-12-7-9-21-10-8-12)6-5-13-3-1-2-4-14(13)16(19)20/h1-4,12H,5-11H2,(H,17,18)(H,19,20). The fourth-order valence-corrected chi connectivity index (χ4v) is 3.70. The van der Waals surface area contributed by atoms with Crippen LogP contribution >= 0.6 is 11.8 Å². The summed E-state index contributed by atoms with van der Waals surface area (Å²) in [6.07, 6.45) is 3.15. The van der Waals surface area contributed by atoms with Crippen LogP contribution in [0.1, 0.15) is 35.2 Å². The van der Waals surface area contributed by atoms with E-state index < -0.39 is 5.97 Å². The number of hydrogen-bond acceptors (Lipinski definition) is 3. The fourth-order valence-electron chi connectivity index (χ4n) is 2.49. The molecule has 0 spiro atoms. The zero-order valence-corrected chi connectivity index (χ0v) is 12.8. The van der Waals surface area contributed by atoms with Crippen molar-refractivity contribution in [1.29, 1.82) is 0 Å². The van der Waals surface area contributed by atoms with Crippen LogP contribution in [0.3, 0.4) is 0 Å². The number of nitrogens with one attached hydrogen (secondary N) is 1. The third-order valence-electron chi connectivity index (χ3n) is 3.80. The second-order valence-corrected chi connectivity index (χ2v) is 6.55. The summed E-state index contributed by atoms with van der Waals surface area (Å²) in [5, 5.41) is 12.1. The molecule has 21 heavy (non-hydrogen) atoms. The summed E-state index contributed by atoms with van der Waals surface area (Å²) in [7, 11) is 0. The van der Waals surface area contributed by atoms with Crippen LogP contribution in [0.4, 0.5) is 0 Å². The van der Waals surface area contributed by atoms with E-state index in [9.17, 15) is 9.59 Å². The van der Waals surface area contributed by atoms with E-state index in [0.29, 0.717) is 24.3 Å². The first-order valence-corrected chi connectivity index (χ1v) is 8.48. The Balaban J connectivity index is 1.77. The van der Waals surface area contributed by atoms with Crippen molar-refractivity contribution in [2.24, 2.45) is 5.92 Å². The van der Waals surface area contributed by atoms with Crippen molar-refractivity contribution in [2.75, 3.05) is 18.1 Å². The Morgan fingerprint density at radius 3 is 2.67 bits per heavy atom. The topological polar surface area (TPSA) is 66.4 Å². The van der Waals surface area contributed by atoms with E-state index in [-0.39, 0.29) is 11.5 Å². The molecular formula is C16H21NO3S. The predicted molar refractivity (Wildman–Crippen MR) is 84.8 cm³/mol. The molecule has 1 saturated heterocycles. The van der Waals surface area contributed by atoms with Gasteiger partial charge in [0, 0.05) is 13.0 Å². The smallest absolute Gasteiger partial charge is 0.335 e. The van der Waals surface area contributed by atoms with Crippen LogP contribution in [0.5, 0.6) is 0 Å². The van der Waals surface area contributed by atoms with Crippen LogP contribution in [0, 0.1) is 5.92 Å². The number of hydrogen-bond donors (Lipinski definition) is 2. The van der Waals surface area contributed by atoms with Gasteiger partial charge >= 0.3 is 5.97 Å². The van der Waals surface area contributed by atoms with Gasteiger partial charge in [0.2, 0.25) is 5.91 Å². The maximum atomic E-state index is 11.9. The van der Waals surface area contributed by atoms with Crippen LogP contribution in [0.15, 0.2) is 24.3 Å². The highest BCUT2D eigenvalue weighted by Gasteiger charge is 2.15. The Hall–Kier alpha value is -1.49. The highest BCUT2D eigenvalue weighted by molar-refractivity contribution is 7.99. The molecule has 1 aromatic rings. The summed E-state index contributed by atoms with van der Waals surface area (Å²) in [4.78, 5) is 23.0. The van der Waals surface area contributed by atoms with Crippen molar-refractivity contribution >= 4 is 23.6 Å². The zero-order valence-electron chi connectivity index (χ0n) is 12.0. The molecule has 1 heterocycles. The lowest BCUT2D eigenvalue weighted by Gasteiger charge is -2.21. The molecule has 0 aromatic heterocycles. The molecule has 1 amide bonds. The van der Waals surface area contributed by atoms with Gasteiger partial charge in [-0.1, -0.05) is 18.2 Å². The minimum absolute atomic E-state index is 0.00779. The van der Waals surface area contributed by atoms with Gasteiger partial charge in [0.25, 0.3) is 0 Å². The average molecular weight is 307 g/mol. The minimum Gasteiger partial charge on any atom is -0.478 e. The molecule has 0 atom stereocenters. The number of carbonyl (C=O) groups is 2. The van der Waals surface area contributed by atoms with Gasteiger partial charge < -0.3 is 10.4 Å². The van der Waals surface area contributed by atoms with E-state index >= 15 is 0 Å². The van der Waals surface area contributed by atoms with Crippen molar-refractivity contribution in [2.45, 2.75) is 25.7 Å². The third-order valence-corrected chi connectivity index (χ3v) is 4.85. The molecule has 0 bridgehead atoms. The molecule has 0 radical (unpaired) electrons. The van der Waals surface area contributed by atoms with Crippen LogP contribution in [0.25, 0.3) is 0 Å². The van der Waals surface area contributed by atoms with Crippen molar-refractivity contribution in [3.63, 3.8) is 0 Å². The van der Waals surface area contributed by atoms with Crippen LogP contribution in [0.2, 0.25) is 0 Å². The van der Waals surface area contributed by atoms with Gasteiger partial charge in [-0.15, -0.1) is 0 Å². The molecule has 1 aliphatic heterocycles. The van der Waals surface area contributed by atoms with Crippen LogP contribution in [-0.2, 0) is 11.2 Å².